The molecule has 1 saturated carbocycles. The lowest BCUT2D eigenvalue weighted by Gasteiger charge is -2.27. The molecule has 1 aromatic carbocycles. The van der Waals surface area contributed by atoms with Crippen LogP contribution < -0.4 is 5.32 Å². The molecular weight excluding hydrogens is 226 g/mol. The first-order valence-corrected chi connectivity index (χ1v) is 6.62. The van der Waals surface area contributed by atoms with Gasteiger partial charge in [0.2, 0.25) is 5.95 Å². The minimum Gasteiger partial charge on any atom is -0.395 e. The summed E-state index contributed by atoms with van der Waals surface area (Å²) < 4.78 is 2.08. The Morgan fingerprint density at radius 1 is 1.44 bits per heavy atom. The third-order valence-electron chi connectivity index (χ3n) is 3.67. The van der Waals surface area contributed by atoms with Crippen LogP contribution in [0.3, 0.4) is 0 Å². The normalized spacial score (nSPS) is 15.9. The van der Waals surface area contributed by atoms with Gasteiger partial charge in [0.05, 0.1) is 17.6 Å². The standard InChI is InChI=1S/C14H19N3O/c1-10-5-6-13-12(9-10)16-14(17(13)7-8-18)15-11-3-2-4-11/h5-6,9,11,18H,2-4,7-8H2,1H3,(H,15,16). The van der Waals surface area contributed by atoms with Gasteiger partial charge >= 0.3 is 0 Å². The fraction of sp³-hybridized carbons (Fsp3) is 0.500. The summed E-state index contributed by atoms with van der Waals surface area (Å²) in [5, 5.41) is 12.7. The van der Waals surface area contributed by atoms with E-state index in [0.717, 1.165) is 17.0 Å². The summed E-state index contributed by atoms with van der Waals surface area (Å²) >= 11 is 0. The number of fused-ring (bicyclic) bond motifs is 1. The summed E-state index contributed by atoms with van der Waals surface area (Å²) in [5.74, 6) is 0.898. The number of rotatable bonds is 4. The van der Waals surface area contributed by atoms with Gasteiger partial charge in [-0.05, 0) is 43.9 Å². The van der Waals surface area contributed by atoms with E-state index >= 15 is 0 Å². The molecule has 0 bridgehead atoms. The van der Waals surface area contributed by atoms with Crippen molar-refractivity contribution >= 4 is 17.0 Å². The maximum atomic E-state index is 9.21. The molecule has 2 aromatic rings. The first-order chi connectivity index (χ1) is 8.78. The largest absolute Gasteiger partial charge is 0.395 e. The molecule has 96 valence electrons. The Hall–Kier alpha value is -1.55. The Morgan fingerprint density at radius 2 is 2.28 bits per heavy atom. The fourth-order valence-corrected chi connectivity index (χ4v) is 2.41. The van der Waals surface area contributed by atoms with Gasteiger partial charge in [0.1, 0.15) is 0 Å². The van der Waals surface area contributed by atoms with Crippen molar-refractivity contribution in [2.75, 3.05) is 11.9 Å². The maximum Gasteiger partial charge on any atom is 0.204 e. The molecular formula is C14H19N3O. The third kappa shape index (κ3) is 1.97. The Kier molecular flexibility index (Phi) is 2.96. The second-order valence-corrected chi connectivity index (χ2v) is 5.07. The third-order valence-corrected chi connectivity index (χ3v) is 3.67. The smallest absolute Gasteiger partial charge is 0.204 e. The zero-order valence-electron chi connectivity index (χ0n) is 10.7. The number of aliphatic hydroxyl groups excluding tert-OH is 1. The van der Waals surface area contributed by atoms with Crippen LogP contribution in [-0.2, 0) is 6.54 Å². The van der Waals surface area contributed by atoms with E-state index in [1.54, 1.807) is 0 Å². The molecule has 0 amide bonds. The number of aliphatic hydroxyl groups is 1. The van der Waals surface area contributed by atoms with Crippen molar-refractivity contribution in [2.45, 2.75) is 38.8 Å². The molecule has 4 nitrogen and oxygen atoms in total. The van der Waals surface area contributed by atoms with Crippen molar-refractivity contribution in [3.05, 3.63) is 23.8 Å². The highest BCUT2D eigenvalue weighted by Gasteiger charge is 2.20. The zero-order valence-corrected chi connectivity index (χ0v) is 10.7. The van der Waals surface area contributed by atoms with Gasteiger partial charge in [0.25, 0.3) is 0 Å². The Balaban J connectivity index is 2.01. The van der Waals surface area contributed by atoms with Gasteiger partial charge in [-0.3, -0.25) is 0 Å². The van der Waals surface area contributed by atoms with Gasteiger partial charge in [-0.25, -0.2) is 4.98 Å². The lowest BCUT2D eigenvalue weighted by molar-refractivity contribution is 0.278. The molecule has 1 aliphatic rings. The SMILES string of the molecule is Cc1ccc2c(c1)nc(NC1CCC1)n2CCO. The summed E-state index contributed by atoms with van der Waals surface area (Å²) in [5.41, 5.74) is 3.31. The molecule has 3 rings (SSSR count). The van der Waals surface area contributed by atoms with E-state index in [1.165, 1.54) is 24.8 Å². The molecule has 0 saturated heterocycles. The molecule has 0 unspecified atom stereocenters. The maximum absolute atomic E-state index is 9.21. The first-order valence-electron chi connectivity index (χ1n) is 6.62. The number of benzene rings is 1. The molecule has 18 heavy (non-hydrogen) atoms. The lowest BCUT2D eigenvalue weighted by Crippen LogP contribution is -2.28. The van der Waals surface area contributed by atoms with E-state index in [0.29, 0.717) is 12.6 Å². The van der Waals surface area contributed by atoms with Crippen molar-refractivity contribution in [2.24, 2.45) is 0 Å². The average molecular weight is 245 g/mol. The van der Waals surface area contributed by atoms with Crippen LogP contribution in [0.2, 0.25) is 0 Å². The van der Waals surface area contributed by atoms with E-state index in [-0.39, 0.29) is 6.61 Å². The number of aryl methyl sites for hydroxylation is 1. The van der Waals surface area contributed by atoms with E-state index in [9.17, 15) is 5.11 Å². The molecule has 0 radical (unpaired) electrons. The van der Waals surface area contributed by atoms with Gasteiger partial charge in [-0.1, -0.05) is 6.07 Å². The van der Waals surface area contributed by atoms with Crippen LogP contribution in [0.4, 0.5) is 5.95 Å². The Labute approximate surface area is 107 Å². The predicted molar refractivity (Wildman–Crippen MR) is 72.8 cm³/mol. The van der Waals surface area contributed by atoms with Crippen molar-refractivity contribution in [3.8, 4) is 0 Å². The topological polar surface area (TPSA) is 50.1 Å². The van der Waals surface area contributed by atoms with Crippen LogP contribution in [0.1, 0.15) is 24.8 Å². The van der Waals surface area contributed by atoms with Crippen LogP contribution in [0.15, 0.2) is 18.2 Å². The van der Waals surface area contributed by atoms with Crippen LogP contribution in [0.25, 0.3) is 11.0 Å². The van der Waals surface area contributed by atoms with E-state index in [2.05, 4.69) is 40.0 Å². The van der Waals surface area contributed by atoms with Crippen molar-refractivity contribution in [1.82, 2.24) is 9.55 Å². The highest BCUT2D eigenvalue weighted by Crippen LogP contribution is 2.26. The summed E-state index contributed by atoms with van der Waals surface area (Å²) in [4.78, 5) is 4.65. The molecule has 2 N–H and O–H groups in total. The molecule has 0 atom stereocenters. The summed E-state index contributed by atoms with van der Waals surface area (Å²) in [7, 11) is 0. The van der Waals surface area contributed by atoms with Crippen LogP contribution in [-0.4, -0.2) is 27.3 Å². The van der Waals surface area contributed by atoms with Crippen LogP contribution >= 0.6 is 0 Å². The molecule has 0 aliphatic heterocycles. The second kappa shape index (κ2) is 4.61. The highest BCUT2D eigenvalue weighted by atomic mass is 16.3. The molecule has 1 heterocycles. The lowest BCUT2D eigenvalue weighted by atomic mass is 9.93. The zero-order chi connectivity index (χ0) is 12.5. The van der Waals surface area contributed by atoms with Crippen LogP contribution in [0, 0.1) is 6.92 Å². The van der Waals surface area contributed by atoms with E-state index in [1.807, 2.05) is 0 Å². The summed E-state index contributed by atoms with van der Waals surface area (Å²) in [6.07, 6.45) is 3.75. The number of nitrogens with zero attached hydrogens (tertiary/aromatic N) is 2. The molecule has 4 heteroatoms. The number of nitrogens with one attached hydrogen (secondary N) is 1. The minimum absolute atomic E-state index is 0.138. The number of anilines is 1. The van der Waals surface area contributed by atoms with Gasteiger partial charge in [-0.15, -0.1) is 0 Å². The summed E-state index contributed by atoms with van der Waals surface area (Å²) in [6.45, 7) is 2.80. The van der Waals surface area contributed by atoms with Crippen molar-refractivity contribution < 1.29 is 5.11 Å². The summed E-state index contributed by atoms with van der Waals surface area (Å²) in [6, 6.07) is 6.82. The van der Waals surface area contributed by atoms with E-state index in [4.69, 9.17) is 0 Å². The van der Waals surface area contributed by atoms with Crippen LogP contribution in [0.5, 0.6) is 0 Å². The Morgan fingerprint density at radius 3 is 2.94 bits per heavy atom. The number of hydrogen-bond acceptors (Lipinski definition) is 3. The number of aromatic nitrogens is 2. The monoisotopic (exact) mass is 245 g/mol. The second-order valence-electron chi connectivity index (χ2n) is 5.07. The number of hydrogen-bond donors (Lipinski definition) is 2. The molecule has 0 spiro atoms. The van der Waals surface area contributed by atoms with Gasteiger partial charge < -0.3 is 15.0 Å². The fourth-order valence-electron chi connectivity index (χ4n) is 2.41. The van der Waals surface area contributed by atoms with Gasteiger partial charge in [0, 0.05) is 12.6 Å². The molecule has 1 aromatic heterocycles. The van der Waals surface area contributed by atoms with Gasteiger partial charge in [-0.2, -0.15) is 0 Å². The average Bonchev–Trinajstić information content (AvgIpc) is 2.62. The van der Waals surface area contributed by atoms with Gasteiger partial charge in [0.15, 0.2) is 0 Å². The van der Waals surface area contributed by atoms with Crippen molar-refractivity contribution in [3.63, 3.8) is 0 Å². The highest BCUT2D eigenvalue weighted by molar-refractivity contribution is 5.79. The first kappa shape index (κ1) is 11.5. The van der Waals surface area contributed by atoms with E-state index < -0.39 is 0 Å². The Bertz CT molecular complexity index is 557. The molecule has 1 fully saturated rings. The minimum atomic E-state index is 0.138. The molecule has 1 aliphatic carbocycles. The quantitative estimate of drug-likeness (QED) is 0.869. The predicted octanol–water partition coefficient (Wildman–Crippen LogP) is 2.30. The van der Waals surface area contributed by atoms with Crippen molar-refractivity contribution in [1.29, 1.82) is 0 Å². The number of imidazole rings is 1.